The maximum Gasteiger partial charge on any atom is 0.169 e. The van der Waals surface area contributed by atoms with E-state index in [-0.39, 0.29) is 12.1 Å². The largest absolute Gasteiger partial charge is 0.453 e. The molecule has 1 aromatic heterocycles. The highest BCUT2D eigenvalue weighted by Gasteiger charge is 2.33. The molecule has 2 unspecified atom stereocenters. The predicted octanol–water partition coefficient (Wildman–Crippen LogP) is 1.76. The van der Waals surface area contributed by atoms with Crippen LogP contribution in [0.1, 0.15) is 18.7 Å². The highest BCUT2D eigenvalue weighted by Crippen LogP contribution is 2.31. The Morgan fingerprint density at radius 1 is 1.56 bits per heavy atom. The highest BCUT2D eigenvalue weighted by molar-refractivity contribution is 9.10. The minimum absolute atomic E-state index is 0.0201. The second-order valence-corrected chi connectivity index (χ2v) is 4.64. The summed E-state index contributed by atoms with van der Waals surface area (Å²) in [5.74, 6) is 0.920. The van der Waals surface area contributed by atoms with Gasteiger partial charge in [-0.2, -0.15) is 0 Å². The van der Waals surface area contributed by atoms with Crippen LogP contribution in [0, 0.1) is 0 Å². The molecule has 2 heterocycles. The van der Waals surface area contributed by atoms with Gasteiger partial charge in [-0.05, 0) is 34.6 Å². The van der Waals surface area contributed by atoms with Gasteiger partial charge in [0.1, 0.15) is 5.76 Å². The molecule has 0 aliphatic carbocycles. The van der Waals surface area contributed by atoms with Gasteiger partial charge in [-0.1, -0.05) is 6.92 Å². The van der Waals surface area contributed by atoms with Gasteiger partial charge in [0.2, 0.25) is 0 Å². The molecule has 1 saturated heterocycles. The van der Waals surface area contributed by atoms with Gasteiger partial charge in [-0.25, -0.2) is 0 Å². The van der Waals surface area contributed by atoms with Crippen molar-refractivity contribution in [3.8, 4) is 0 Å². The second kappa shape index (κ2) is 5.31. The first-order chi connectivity index (χ1) is 7.76. The van der Waals surface area contributed by atoms with Crippen LogP contribution in [0.5, 0.6) is 0 Å². The summed E-state index contributed by atoms with van der Waals surface area (Å²) in [6.07, 6.45) is 0.0201. The van der Waals surface area contributed by atoms with E-state index in [1.165, 1.54) is 0 Å². The summed E-state index contributed by atoms with van der Waals surface area (Å²) in [5.41, 5.74) is 5.75. The number of nitrogens with zero attached hydrogens (tertiary/aromatic N) is 1. The smallest absolute Gasteiger partial charge is 0.169 e. The lowest BCUT2D eigenvalue weighted by Crippen LogP contribution is -2.47. The highest BCUT2D eigenvalue weighted by atomic mass is 79.9. The molecular formula is C11H17BrN2O2. The summed E-state index contributed by atoms with van der Waals surface area (Å²) in [6, 6.07) is 4.02. The van der Waals surface area contributed by atoms with E-state index >= 15 is 0 Å². The summed E-state index contributed by atoms with van der Waals surface area (Å²) in [7, 11) is 0. The number of ether oxygens (including phenoxy) is 1. The molecule has 0 radical (unpaired) electrons. The minimum Gasteiger partial charge on any atom is -0.453 e. The van der Waals surface area contributed by atoms with Crippen LogP contribution in [0.2, 0.25) is 0 Å². The molecule has 2 atom stereocenters. The normalized spacial score (nSPS) is 27.2. The Hall–Kier alpha value is -0.360. The number of halogens is 1. The Morgan fingerprint density at radius 3 is 2.94 bits per heavy atom. The van der Waals surface area contributed by atoms with Crippen molar-refractivity contribution in [3.05, 3.63) is 22.6 Å². The van der Waals surface area contributed by atoms with E-state index in [2.05, 4.69) is 27.8 Å². The van der Waals surface area contributed by atoms with Gasteiger partial charge in [0.15, 0.2) is 4.67 Å². The maximum absolute atomic E-state index is 5.75. The molecule has 0 bridgehead atoms. The molecule has 1 aromatic rings. The van der Waals surface area contributed by atoms with E-state index in [1.54, 1.807) is 0 Å². The van der Waals surface area contributed by atoms with Gasteiger partial charge >= 0.3 is 0 Å². The molecule has 2 rings (SSSR count). The van der Waals surface area contributed by atoms with Crippen LogP contribution >= 0.6 is 15.9 Å². The number of rotatable bonds is 3. The third-order valence-corrected chi connectivity index (χ3v) is 3.41. The average molecular weight is 289 g/mol. The van der Waals surface area contributed by atoms with Crippen molar-refractivity contribution in [3.63, 3.8) is 0 Å². The van der Waals surface area contributed by atoms with Gasteiger partial charge in [-0.15, -0.1) is 0 Å². The van der Waals surface area contributed by atoms with Gasteiger partial charge < -0.3 is 14.9 Å². The SMILES string of the molecule is CCN1CCOC(CN)C1c1ccc(Br)o1. The minimum atomic E-state index is 0.0201. The van der Waals surface area contributed by atoms with Crippen LogP contribution in [0.25, 0.3) is 0 Å². The Labute approximate surface area is 104 Å². The fourth-order valence-electron chi connectivity index (χ4n) is 2.19. The van der Waals surface area contributed by atoms with Crippen LogP contribution in [-0.2, 0) is 4.74 Å². The van der Waals surface area contributed by atoms with Gasteiger partial charge in [0.25, 0.3) is 0 Å². The lowest BCUT2D eigenvalue weighted by molar-refractivity contribution is -0.0723. The van der Waals surface area contributed by atoms with Crippen molar-refractivity contribution in [2.75, 3.05) is 26.2 Å². The fraction of sp³-hybridized carbons (Fsp3) is 0.636. The fourth-order valence-corrected chi connectivity index (χ4v) is 2.51. The zero-order valence-electron chi connectivity index (χ0n) is 9.36. The molecule has 0 aromatic carbocycles. The van der Waals surface area contributed by atoms with E-state index in [1.807, 2.05) is 12.1 Å². The Morgan fingerprint density at radius 2 is 2.38 bits per heavy atom. The molecule has 2 N–H and O–H groups in total. The Bertz CT molecular complexity index is 330. The monoisotopic (exact) mass is 288 g/mol. The third-order valence-electron chi connectivity index (χ3n) is 2.98. The lowest BCUT2D eigenvalue weighted by Gasteiger charge is -2.39. The van der Waals surface area contributed by atoms with Crippen molar-refractivity contribution in [1.29, 1.82) is 0 Å². The zero-order valence-corrected chi connectivity index (χ0v) is 10.9. The summed E-state index contributed by atoms with van der Waals surface area (Å²) in [5, 5.41) is 0. The zero-order chi connectivity index (χ0) is 11.5. The molecule has 90 valence electrons. The molecule has 1 aliphatic rings. The summed E-state index contributed by atoms with van der Waals surface area (Å²) in [6.45, 7) is 5.30. The van der Waals surface area contributed by atoms with E-state index in [9.17, 15) is 0 Å². The van der Waals surface area contributed by atoms with E-state index in [0.717, 1.165) is 30.1 Å². The van der Waals surface area contributed by atoms with Crippen molar-refractivity contribution in [1.82, 2.24) is 4.90 Å². The number of likely N-dealkylation sites (N-methyl/N-ethyl adjacent to an activating group) is 1. The van der Waals surface area contributed by atoms with Crippen LogP contribution in [0.4, 0.5) is 0 Å². The number of hydrogen-bond acceptors (Lipinski definition) is 4. The molecule has 1 aliphatic heterocycles. The summed E-state index contributed by atoms with van der Waals surface area (Å²) < 4.78 is 12.1. The number of morpholine rings is 1. The molecule has 0 amide bonds. The summed E-state index contributed by atoms with van der Waals surface area (Å²) in [4.78, 5) is 2.34. The molecule has 0 spiro atoms. The van der Waals surface area contributed by atoms with E-state index in [4.69, 9.17) is 14.9 Å². The van der Waals surface area contributed by atoms with Gasteiger partial charge in [-0.3, -0.25) is 4.90 Å². The van der Waals surface area contributed by atoms with Crippen molar-refractivity contribution >= 4 is 15.9 Å². The second-order valence-electron chi connectivity index (χ2n) is 3.86. The molecule has 16 heavy (non-hydrogen) atoms. The van der Waals surface area contributed by atoms with Gasteiger partial charge in [0.05, 0.1) is 18.8 Å². The van der Waals surface area contributed by atoms with Crippen molar-refractivity contribution < 1.29 is 9.15 Å². The number of hydrogen-bond donors (Lipinski definition) is 1. The Kier molecular flexibility index (Phi) is 4.02. The molecule has 5 heteroatoms. The Balaban J connectivity index is 2.24. The first-order valence-corrected chi connectivity index (χ1v) is 6.36. The maximum atomic E-state index is 5.75. The van der Waals surface area contributed by atoms with Crippen LogP contribution < -0.4 is 5.73 Å². The standard InChI is InChI=1S/C11H17BrN2O2/c1-2-14-5-6-15-9(7-13)11(14)8-3-4-10(12)16-8/h3-4,9,11H,2,5-7,13H2,1H3. The molecule has 1 fully saturated rings. The quantitative estimate of drug-likeness (QED) is 0.921. The molecule has 4 nitrogen and oxygen atoms in total. The third kappa shape index (κ3) is 2.32. The number of nitrogens with two attached hydrogens (primary N) is 1. The molecular weight excluding hydrogens is 272 g/mol. The van der Waals surface area contributed by atoms with Crippen LogP contribution in [0.3, 0.4) is 0 Å². The van der Waals surface area contributed by atoms with Crippen molar-refractivity contribution in [2.45, 2.75) is 19.1 Å². The predicted molar refractivity (Wildman–Crippen MR) is 65.2 cm³/mol. The summed E-state index contributed by atoms with van der Waals surface area (Å²) >= 11 is 3.33. The lowest BCUT2D eigenvalue weighted by atomic mass is 10.0. The van der Waals surface area contributed by atoms with Crippen molar-refractivity contribution in [2.24, 2.45) is 5.73 Å². The average Bonchev–Trinajstić information content (AvgIpc) is 2.74. The van der Waals surface area contributed by atoms with Crippen LogP contribution in [-0.4, -0.2) is 37.2 Å². The number of furan rings is 1. The molecule has 0 saturated carbocycles. The first-order valence-electron chi connectivity index (χ1n) is 5.57. The van der Waals surface area contributed by atoms with E-state index in [0.29, 0.717) is 6.54 Å². The topological polar surface area (TPSA) is 51.6 Å². The van der Waals surface area contributed by atoms with Crippen LogP contribution in [0.15, 0.2) is 21.2 Å². The van der Waals surface area contributed by atoms with E-state index < -0.39 is 0 Å². The first kappa shape index (κ1) is 12.1. The van der Waals surface area contributed by atoms with Gasteiger partial charge in [0, 0.05) is 13.1 Å².